The molecule has 1 fully saturated rings. The Morgan fingerprint density at radius 3 is 2.86 bits per heavy atom. The zero-order chi connectivity index (χ0) is 10.6. The van der Waals surface area contributed by atoms with E-state index < -0.39 is 0 Å². The summed E-state index contributed by atoms with van der Waals surface area (Å²) in [7, 11) is 9.77. The van der Waals surface area contributed by atoms with Crippen LogP contribution in [0.5, 0.6) is 0 Å². The highest BCUT2D eigenvalue weighted by Gasteiger charge is 2.24. The molecule has 0 bridgehead atoms. The van der Waals surface area contributed by atoms with Crippen LogP contribution in [0.2, 0.25) is 5.82 Å². The molecule has 0 N–H and O–H groups in total. The van der Waals surface area contributed by atoms with Crippen molar-refractivity contribution in [2.75, 3.05) is 14.1 Å². The summed E-state index contributed by atoms with van der Waals surface area (Å²) in [4.78, 5) is 6.61. The smallest absolute Gasteiger partial charge is 0.0986 e. The lowest BCUT2D eigenvalue weighted by Gasteiger charge is -2.22. The van der Waals surface area contributed by atoms with Crippen molar-refractivity contribution < 1.29 is 0 Å². The zero-order valence-electron chi connectivity index (χ0n) is 9.66. The molecule has 1 heterocycles. The summed E-state index contributed by atoms with van der Waals surface area (Å²) in [5.41, 5.74) is 0. The van der Waals surface area contributed by atoms with Gasteiger partial charge in [0.1, 0.15) is 0 Å². The van der Waals surface area contributed by atoms with E-state index in [0.717, 1.165) is 12.8 Å². The van der Waals surface area contributed by atoms with E-state index in [0.29, 0.717) is 11.9 Å². The van der Waals surface area contributed by atoms with E-state index in [-0.39, 0.29) is 0 Å². The molecule has 1 aliphatic rings. The molecule has 2 unspecified atom stereocenters. The summed E-state index contributed by atoms with van der Waals surface area (Å²) in [6.45, 7) is 2.08. The second kappa shape index (κ2) is 5.42. The third-order valence-electron chi connectivity index (χ3n) is 3.11. The van der Waals surface area contributed by atoms with Crippen LogP contribution in [0.1, 0.15) is 39.0 Å². The van der Waals surface area contributed by atoms with Gasteiger partial charge in [-0.3, -0.25) is 4.99 Å². The quantitative estimate of drug-likeness (QED) is 0.623. The maximum Gasteiger partial charge on any atom is 0.0986 e. The fourth-order valence-corrected chi connectivity index (χ4v) is 2.16. The normalized spacial score (nSPS) is 27.2. The molecule has 78 valence electrons. The number of hydrogen-bond donors (Lipinski definition) is 0. The Bertz CT molecular complexity index is 201. The molecular formula is C11H21BN2. The second-order valence-electron chi connectivity index (χ2n) is 4.35. The first kappa shape index (κ1) is 11.6. The van der Waals surface area contributed by atoms with Gasteiger partial charge in [-0.15, -0.1) is 0 Å². The van der Waals surface area contributed by atoms with Gasteiger partial charge >= 0.3 is 0 Å². The molecule has 2 nitrogen and oxygen atoms in total. The molecule has 14 heavy (non-hydrogen) atoms. The van der Waals surface area contributed by atoms with Gasteiger partial charge in [0.2, 0.25) is 0 Å². The molecule has 3 heteroatoms. The minimum atomic E-state index is 0.348. The van der Waals surface area contributed by atoms with Crippen molar-refractivity contribution >= 4 is 13.7 Å². The summed E-state index contributed by atoms with van der Waals surface area (Å²) in [5.74, 6) is 1.61. The van der Waals surface area contributed by atoms with Crippen LogP contribution >= 0.6 is 0 Å². The van der Waals surface area contributed by atoms with Crippen LogP contribution in [0.25, 0.3) is 0 Å². The predicted molar refractivity (Wildman–Crippen MR) is 63.2 cm³/mol. The molecule has 2 atom stereocenters. The summed E-state index contributed by atoms with van der Waals surface area (Å²) < 4.78 is 0. The molecule has 2 radical (unpaired) electrons. The van der Waals surface area contributed by atoms with E-state index in [9.17, 15) is 0 Å². The van der Waals surface area contributed by atoms with Crippen LogP contribution < -0.4 is 0 Å². The average Bonchev–Trinajstić information content (AvgIpc) is 2.47. The molecule has 0 aromatic rings. The Labute approximate surface area is 89.2 Å². The van der Waals surface area contributed by atoms with Crippen LogP contribution in [0.3, 0.4) is 0 Å². The van der Waals surface area contributed by atoms with E-state index in [2.05, 4.69) is 23.9 Å². The van der Waals surface area contributed by atoms with Gasteiger partial charge in [0.05, 0.1) is 13.7 Å². The van der Waals surface area contributed by atoms with Gasteiger partial charge in [0.25, 0.3) is 0 Å². The number of rotatable bonds is 4. The van der Waals surface area contributed by atoms with Crippen molar-refractivity contribution in [3.05, 3.63) is 0 Å². The van der Waals surface area contributed by atoms with Crippen molar-refractivity contribution in [2.24, 2.45) is 4.99 Å². The molecule has 1 rings (SSSR count). The fraction of sp³-hybridized carbons (Fsp3) is 0.909. The van der Waals surface area contributed by atoms with Crippen molar-refractivity contribution in [3.8, 4) is 0 Å². The topological polar surface area (TPSA) is 15.6 Å². The maximum absolute atomic E-state index is 5.73. The SMILES string of the molecule is [B]C(C)CCCC1CCC(=NC)N1C. The minimum absolute atomic E-state index is 0.348. The zero-order valence-corrected chi connectivity index (χ0v) is 9.66. The first-order chi connectivity index (χ1) is 6.65. The number of likely N-dealkylation sites (tertiary alicyclic amines) is 1. The van der Waals surface area contributed by atoms with E-state index in [1.165, 1.54) is 25.1 Å². The summed E-state index contributed by atoms with van der Waals surface area (Å²) >= 11 is 0. The molecule has 1 saturated heterocycles. The summed E-state index contributed by atoms with van der Waals surface area (Å²) in [5, 5.41) is 0. The van der Waals surface area contributed by atoms with Gasteiger partial charge in [-0.1, -0.05) is 25.6 Å². The summed E-state index contributed by atoms with van der Waals surface area (Å²) in [6, 6.07) is 0.701. The Morgan fingerprint density at radius 1 is 1.64 bits per heavy atom. The fourth-order valence-electron chi connectivity index (χ4n) is 2.16. The number of amidine groups is 1. The highest BCUT2D eigenvalue weighted by Crippen LogP contribution is 2.23. The molecule has 0 spiro atoms. The molecule has 0 aromatic carbocycles. The van der Waals surface area contributed by atoms with Crippen LogP contribution in [-0.4, -0.2) is 38.7 Å². The van der Waals surface area contributed by atoms with Crippen molar-refractivity contribution in [2.45, 2.75) is 50.9 Å². The lowest BCUT2D eigenvalue weighted by Crippen LogP contribution is -2.28. The molecule has 0 aromatic heterocycles. The number of nitrogens with zero attached hydrogens (tertiary/aromatic N) is 2. The highest BCUT2D eigenvalue weighted by molar-refractivity contribution is 6.11. The first-order valence-corrected chi connectivity index (χ1v) is 5.59. The highest BCUT2D eigenvalue weighted by atomic mass is 15.2. The average molecular weight is 192 g/mol. The van der Waals surface area contributed by atoms with Crippen LogP contribution in [0, 0.1) is 0 Å². The van der Waals surface area contributed by atoms with Gasteiger partial charge in [0.15, 0.2) is 0 Å². The van der Waals surface area contributed by atoms with Crippen molar-refractivity contribution in [3.63, 3.8) is 0 Å². The van der Waals surface area contributed by atoms with E-state index in [1.54, 1.807) is 0 Å². The molecule has 0 saturated carbocycles. The monoisotopic (exact) mass is 192 g/mol. The molecule has 1 aliphatic heterocycles. The van der Waals surface area contributed by atoms with Gasteiger partial charge in [-0.25, -0.2) is 0 Å². The Balaban J connectivity index is 2.26. The lowest BCUT2D eigenvalue weighted by atomic mass is 9.84. The van der Waals surface area contributed by atoms with E-state index >= 15 is 0 Å². The summed E-state index contributed by atoms with van der Waals surface area (Å²) in [6.07, 6.45) is 6.06. The van der Waals surface area contributed by atoms with E-state index in [4.69, 9.17) is 7.85 Å². The molecule has 0 aliphatic carbocycles. The number of hydrogen-bond acceptors (Lipinski definition) is 1. The predicted octanol–water partition coefficient (Wildman–Crippen LogP) is 2.26. The Hall–Kier alpha value is -0.465. The third kappa shape index (κ3) is 3.04. The second-order valence-corrected chi connectivity index (χ2v) is 4.35. The van der Waals surface area contributed by atoms with Crippen molar-refractivity contribution in [1.82, 2.24) is 4.90 Å². The first-order valence-electron chi connectivity index (χ1n) is 5.59. The third-order valence-corrected chi connectivity index (χ3v) is 3.11. The van der Waals surface area contributed by atoms with Gasteiger partial charge in [-0.2, -0.15) is 0 Å². The Morgan fingerprint density at radius 2 is 2.36 bits per heavy atom. The van der Waals surface area contributed by atoms with Gasteiger partial charge in [0, 0.05) is 26.6 Å². The number of aliphatic imine (C=N–C) groups is 1. The lowest BCUT2D eigenvalue weighted by molar-refractivity contribution is 0.360. The van der Waals surface area contributed by atoms with Crippen LogP contribution in [0.4, 0.5) is 0 Å². The van der Waals surface area contributed by atoms with E-state index in [1.807, 2.05) is 7.05 Å². The maximum atomic E-state index is 5.73. The largest absolute Gasteiger partial charge is 0.360 e. The molecule has 0 amide bonds. The standard InChI is InChI=1S/C11H21BN2/c1-9(12)5-4-6-10-7-8-11(13-2)14(10)3/h9-10H,4-8H2,1-3H3. The van der Waals surface area contributed by atoms with Gasteiger partial charge in [-0.05, 0) is 12.8 Å². The Kier molecular flexibility index (Phi) is 4.50. The molecular weight excluding hydrogens is 171 g/mol. The minimum Gasteiger partial charge on any atom is -0.360 e. The van der Waals surface area contributed by atoms with Crippen LogP contribution in [-0.2, 0) is 0 Å². The van der Waals surface area contributed by atoms with Crippen LogP contribution in [0.15, 0.2) is 4.99 Å². The van der Waals surface area contributed by atoms with Crippen molar-refractivity contribution in [1.29, 1.82) is 0 Å². The van der Waals surface area contributed by atoms with Gasteiger partial charge < -0.3 is 4.90 Å².